The molecule has 26 heavy (non-hydrogen) atoms. The van der Waals surface area contributed by atoms with Crippen LogP contribution in [0.5, 0.6) is 11.5 Å². The summed E-state index contributed by atoms with van der Waals surface area (Å²) in [4.78, 5) is 23.5. The first-order valence-corrected chi connectivity index (χ1v) is 8.09. The summed E-state index contributed by atoms with van der Waals surface area (Å²) in [6.07, 6.45) is 2.96. The molecule has 0 aliphatic heterocycles. The second-order valence-corrected chi connectivity index (χ2v) is 5.70. The van der Waals surface area contributed by atoms with Crippen molar-refractivity contribution in [2.45, 2.75) is 13.8 Å². The lowest BCUT2D eigenvalue weighted by atomic mass is 10.1. The van der Waals surface area contributed by atoms with Crippen LogP contribution in [-0.4, -0.2) is 25.5 Å². The van der Waals surface area contributed by atoms with Gasteiger partial charge in [0.15, 0.2) is 6.61 Å². The molecule has 0 unspecified atom stereocenters. The number of methoxy groups -OCH3 is 1. The maximum atomic E-state index is 11.8. The van der Waals surface area contributed by atoms with E-state index in [0.29, 0.717) is 5.75 Å². The molecule has 0 fully saturated rings. The van der Waals surface area contributed by atoms with Crippen molar-refractivity contribution in [3.63, 3.8) is 0 Å². The van der Waals surface area contributed by atoms with Crippen molar-refractivity contribution in [1.82, 2.24) is 10.9 Å². The Kier molecular flexibility index (Phi) is 6.79. The third-order valence-corrected chi connectivity index (χ3v) is 3.56. The van der Waals surface area contributed by atoms with E-state index in [9.17, 15) is 9.59 Å². The first-order chi connectivity index (χ1) is 12.5. The molecule has 0 atom stereocenters. The van der Waals surface area contributed by atoms with Crippen LogP contribution in [0.15, 0.2) is 48.5 Å². The Hall–Kier alpha value is -3.28. The molecule has 0 saturated heterocycles. The molecule has 0 aliphatic rings. The van der Waals surface area contributed by atoms with Crippen LogP contribution in [0.4, 0.5) is 0 Å². The predicted molar refractivity (Wildman–Crippen MR) is 99.7 cm³/mol. The minimum absolute atomic E-state index is 0.188. The molecule has 6 nitrogen and oxygen atoms in total. The van der Waals surface area contributed by atoms with E-state index in [1.54, 1.807) is 25.3 Å². The van der Waals surface area contributed by atoms with Crippen LogP contribution in [0.2, 0.25) is 0 Å². The third-order valence-electron chi connectivity index (χ3n) is 3.56. The number of ether oxygens (including phenoxy) is 2. The van der Waals surface area contributed by atoms with Gasteiger partial charge in [-0.15, -0.1) is 0 Å². The normalized spacial score (nSPS) is 10.4. The number of aryl methyl sites for hydroxylation is 2. The molecule has 2 N–H and O–H groups in total. The Morgan fingerprint density at radius 2 is 1.77 bits per heavy atom. The van der Waals surface area contributed by atoms with Crippen LogP contribution in [-0.2, 0) is 9.59 Å². The van der Waals surface area contributed by atoms with Gasteiger partial charge in [-0.25, -0.2) is 0 Å². The van der Waals surface area contributed by atoms with Crippen LogP contribution < -0.4 is 20.3 Å². The zero-order valence-electron chi connectivity index (χ0n) is 15.0. The molecular weight excluding hydrogens is 332 g/mol. The Morgan fingerprint density at radius 1 is 1.04 bits per heavy atom. The largest absolute Gasteiger partial charge is 0.497 e. The molecule has 0 aliphatic carbocycles. The molecule has 0 heterocycles. The summed E-state index contributed by atoms with van der Waals surface area (Å²) in [5.41, 5.74) is 7.52. The number of rotatable bonds is 6. The Bertz CT molecular complexity index is 798. The summed E-state index contributed by atoms with van der Waals surface area (Å²) < 4.78 is 10.5. The van der Waals surface area contributed by atoms with Crippen molar-refractivity contribution in [2.75, 3.05) is 13.7 Å². The Morgan fingerprint density at radius 3 is 2.42 bits per heavy atom. The smallest absolute Gasteiger partial charge is 0.276 e. The number of hydrazine groups is 1. The summed E-state index contributed by atoms with van der Waals surface area (Å²) in [6, 6.07) is 12.9. The monoisotopic (exact) mass is 354 g/mol. The fourth-order valence-corrected chi connectivity index (χ4v) is 2.20. The molecule has 2 rings (SSSR count). The summed E-state index contributed by atoms with van der Waals surface area (Å²) >= 11 is 0. The summed E-state index contributed by atoms with van der Waals surface area (Å²) in [7, 11) is 1.59. The molecule has 136 valence electrons. The highest BCUT2D eigenvalue weighted by Gasteiger charge is 2.05. The summed E-state index contributed by atoms with van der Waals surface area (Å²) in [5, 5.41) is 0. The van der Waals surface area contributed by atoms with Gasteiger partial charge in [0.25, 0.3) is 11.8 Å². The van der Waals surface area contributed by atoms with E-state index < -0.39 is 11.8 Å². The molecule has 6 heteroatoms. The van der Waals surface area contributed by atoms with Crippen LogP contribution in [0.1, 0.15) is 16.7 Å². The van der Waals surface area contributed by atoms with Crippen molar-refractivity contribution in [2.24, 2.45) is 0 Å². The highest BCUT2D eigenvalue weighted by atomic mass is 16.5. The lowest BCUT2D eigenvalue weighted by Crippen LogP contribution is -2.43. The van der Waals surface area contributed by atoms with Gasteiger partial charge >= 0.3 is 0 Å². The zero-order chi connectivity index (χ0) is 18.9. The zero-order valence-corrected chi connectivity index (χ0v) is 15.0. The molecule has 2 aromatic rings. The van der Waals surface area contributed by atoms with Crippen molar-refractivity contribution in [3.8, 4) is 11.5 Å². The van der Waals surface area contributed by atoms with Crippen LogP contribution in [0.3, 0.4) is 0 Å². The summed E-state index contributed by atoms with van der Waals surface area (Å²) in [5.74, 6) is 0.482. The lowest BCUT2D eigenvalue weighted by molar-refractivity contribution is -0.128. The second kappa shape index (κ2) is 9.27. The number of carbonyl (C=O) groups is 2. The standard InChI is InChI=1S/C20H22N2O4/c1-14-4-10-18(15(2)12-14)26-13-20(24)22-21-19(23)11-7-16-5-8-17(25-3)9-6-16/h4-12H,13H2,1-3H3,(H,21,23)(H,22,24). The molecule has 0 aromatic heterocycles. The molecule has 0 saturated carbocycles. The van der Waals surface area contributed by atoms with Gasteiger partial charge in [0.2, 0.25) is 0 Å². The van der Waals surface area contributed by atoms with Gasteiger partial charge in [-0.1, -0.05) is 29.8 Å². The first-order valence-electron chi connectivity index (χ1n) is 8.09. The Labute approximate surface area is 152 Å². The van der Waals surface area contributed by atoms with E-state index >= 15 is 0 Å². The maximum absolute atomic E-state index is 11.8. The lowest BCUT2D eigenvalue weighted by Gasteiger charge is -2.10. The van der Waals surface area contributed by atoms with E-state index in [2.05, 4.69) is 10.9 Å². The SMILES string of the molecule is COc1ccc(C=CC(=O)NNC(=O)COc2ccc(C)cc2C)cc1. The predicted octanol–water partition coefficient (Wildman–Crippen LogP) is 2.55. The topological polar surface area (TPSA) is 76.7 Å². The van der Waals surface area contributed by atoms with Crippen molar-refractivity contribution >= 4 is 17.9 Å². The molecular formula is C20H22N2O4. The minimum Gasteiger partial charge on any atom is -0.497 e. The van der Waals surface area contributed by atoms with Gasteiger partial charge < -0.3 is 9.47 Å². The van der Waals surface area contributed by atoms with Crippen LogP contribution in [0, 0.1) is 13.8 Å². The van der Waals surface area contributed by atoms with Gasteiger partial charge in [0.1, 0.15) is 11.5 Å². The minimum atomic E-state index is -0.448. The molecule has 0 radical (unpaired) electrons. The number of hydrogen-bond acceptors (Lipinski definition) is 4. The number of nitrogens with one attached hydrogen (secondary N) is 2. The average Bonchev–Trinajstić information content (AvgIpc) is 2.64. The second-order valence-electron chi connectivity index (χ2n) is 5.70. The fourth-order valence-electron chi connectivity index (χ4n) is 2.20. The third kappa shape index (κ3) is 5.98. The summed E-state index contributed by atoms with van der Waals surface area (Å²) in [6.45, 7) is 3.71. The fraction of sp³-hybridized carbons (Fsp3) is 0.200. The molecule has 0 bridgehead atoms. The van der Waals surface area contributed by atoms with E-state index in [1.165, 1.54) is 6.08 Å². The highest BCUT2D eigenvalue weighted by molar-refractivity contribution is 5.93. The molecule has 0 spiro atoms. The quantitative estimate of drug-likeness (QED) is 0.617. The van der Waals surface area contributed by atoms with E-state index in [1.807, 2.05) is 44.2 Å². The van der Waals surface area contributed by atoms with Crippen LogP contribution in [0.25, 0.3) is 6.08 Å². The first kappa shape index (κ1) is 19.1. The average molecular weight is 354 g/mol. The van der Waals surface area contributed by atoms with Gasteiger partial charge in [0.05, 0.1) is 7.11 Å². The van der Waals surface area contributed by atoms with Crippen molar-refractivity contribution < 1.29 is 19.1 Å². The van der Waals surface area contributed by atoms with Gasteiger partial charge in [-0.05, 0) is 49.2 Å². The number of hydrogen-bond donors (Lipinski definition) is 2. The Balaban J connectivity index is 1.75. The van der Waals surface area contributed by atoms with E-state index in [4.69, 9.17) is 9.47 Å². The number of benzene rings is 2. The molecule has 2 aromatic carbocycles. The highest BCUT2D eigenvalue weighted by Crippen LogP contribution is 2.18. The van der Waals surface area contributed by atoms with Gasteiger partial charge in [0, 0.05) is 6.08 Å². The molecule has 2 amide bonds. The van der Waals surface area contributed by atoms with Crippen molar-refractivity contribution in [1.29, 1.82) is 0 Å². The van der Waals surface area contributed by atoms with Gasteiger partial charge in [-0.3, -0.25) is 20.4 Å². The van der Waals surface area contributed by atoms with E-state index in [-0.39, 0.29) is 6.61 Å². The number of carbonyl (C=O) groups excluding carboxylic acids is 2. The van der Waals surface area contributed by atoms with E-state index in [0.717, 1.165) is 22.4 Å². The maximum Gasteiger partial charge on any atom is 0.276 e. The van der Waals surface area contributed by atoms with Gasteiger partial charge in [-0.2, -0.15) is 0 Å². The van der Waals surface area contributed by atoms with Crippen LogP contribution >= 0.6 is 0 Å². The van der Waals surface area contributed by atoms with Crippen molar-refractivity contribution in [3.05, 3.63) is 65.2 Å². The number of amides is 2.